The highest BCUT2D eigenvalue weighted by Gasteiger charge is 2.07. The minimum atomic E-state index is 0.0897. The average Bonchev–Trinajstić information content (AvgIpc) is 2.35. The van der Waals surface area contributed by atoms with Crippen LogP contribution in [0.5, 0.6) is 5.75 Å². The Morgan fingerprint density at radius 3 is 2.59 bits per heavy atom. The summed E-state index contributed by atoms with van der Waals surface area (Å²) in [6.07, 6.45) is 0.888. The molecule has 0 aliphatic carbocycles. The normalized spacial score (nSPS) is 11.2. The molecule has 0 saturated carbocycles. The van der Waals surface area contributed by atoms with Crippen LogP contribution >= 0.6 is 0 Å². The maximum atomic E-state index is 8.95. The van der Waals surface area contributed by atoms with E-state index < -0.39 is 0 Å². The number of nitrogens with zero attached hydrogens (tertiary/aromatic N) is 1. The summed E-state index contributed by atoms with van der Waals surface area (Å²) in [5, 5.41) is 8.95. The van der Waals surface area contributed by atoms with Gasteiger partial charge in [0.25, 0.3) is 0 Å². The third-order valence-corrected chi connectivity index (χ3v) is 2.98. The predicted molar refractivity (Wildman–Crippen MR) is 70.5 cm³/mol. The molecular formula is C14H23NO2. The highest BCUT2D eigenvalue weighted by molar-refractivity contribution is 5.38. The molecular weight excluding hydrogens is 214 g/mol. The second-order valence-electron chi connectivity index (χ2n) is 4.70. The monoisotopic (exact) mass is 237 g/mol. The molecule has 0 spiro atoms. The molecule has 0 unspecified atom stereocenters. The van der Waals surface area contributed by atoms with Gasteiger partial charge >= 0.3 is 0 Å². The Hall–Kier alpha value is -1.06. The molecule has 1 N–H and O–H groups in total. The van der Waals surface area contributed by atoms with Gasteiger partial charge in [0.05, 0.1) is 13.8 Å². The minimum absolute atomic E-state index is 0.0897. The number of aliphatic hydroxyl groups excluding tert-OH is 1. The maximum absolute atomic E-state index is 8.95. The smallest absolute Gasteiger partial charge is 0.122 e. The van der Waals surface area contributed by atoms with Gasteiger partial charge in [-0.2, -0.15) is 0 Å². The Labute approximate surface area is 104 Å². The summed E-state index contributed by atoms with van der Waals surface area (Å²) >= 11 is 0. The van der Waals surface area contributed by atoms with Gasteiger partial charge in [-0.1, -0.05) is 26.0 Å². The molecule has 0 heterocycles. The number of hydrogen-bond donors (Lipinski definition) is 1. The van der Waals surface area contributed by atoms with E-state index >= 15 is 0 Å². The molecule has 0 fully saturated rings. The zero-order valence-electron chi connectivity index (χ0n) is 11.2. The number of hydrogen-bond acceptors (Lipinski definition) is 3. The SMILES string of the molecule is COc1cc(C(C)C)ccc1CCN(C)CO. The van der Waals surface area contributed by atoms with Crippen LogP contribution < -0.4 is 4.74 Å². The molecule has 0 amide bonds. The third-order valence-electron chi connectivity index (χ3n) is 2.98. The van der Waals surface area contributed by atoms with Crippen molar-refractivity contribution in [1.82, 2.24) is 4.90 Å². The van der Waals surface area contributed by atoms with Crippen LogP contribution in [0.2, 0.25) is 0 Å². The fourth-order valence-corrected chi connectivity index (χ4v) is 1.71. The first-order chi connectivity index (χ1) is 8.08. The van der Waals surface area contributed by atoms with Crippen molar-refractivity contribution in [2.24, 2.45) is 0 Å². The van der Waals surface area contributed by atoms with Gasteiger partial charge in [-0.25, -0.2) is 0 Å². The molecule has 1 aromatic carbocycles. The number of ether oxygens (including phenoxy) is 1. The molecule has 3 nitrogen and oxygen atoms in total. The van der Waals surface area contributed by atoms with E-state index in [0.717, 1.165) is 18.7 Å². The van der Waals surface area contributed by atoms with Crippen LogP contribution in [-0.4, -0.2) is 37.4 Å². The molecule has 1 rings (SSSR count). The topological polar surface area (TPSA) is 32.7 Å². The van der Waals surface area contributed by atoms with Crippen molar-refractivity contribution in [1.29, 1.82) is 0 Å². The highest BCUT2D eigenvalue weighted by atomic mass is 16.5. The van der Waals surface area contributed by atoms with Gasteiger partial charge in [0.15, 0.2) is 0 Å². The van der Waals surface area contributed by atoms with Gasteiger partial charge in [0.1, 0.15) is 5.75 Å². The molecule has 96 valence electrons. The number of benzene rings is 1. The lowest BCUT2D eigenvalue weighted by molar-refractivity contribution is 0.134. The van der Waals surface area contributed by atoms with Gasteiger partial charge in [-0.05, 0) is 36.6 Å². The van der Waals surface area contributed by atoms with Crippen LogP contribution in [0.25, 0.3) is 0 Å². The van der Waals surface area contributed by atoms with Gasteiger partial charge in [-0.15, -0.1) is 0 Å². The molecule has 0 radical (unpaired) electrons. The van der Waals surface area contributed by atoms with E-state index in [4.69, 9.17) is 9.84 Å². The Kier molecular flexibility index (Phi) is 5.45. The van der Waals surface area contributed by atoms with E-state index in [1.54, 1.807) is 7.11 Å². The van der Waals surface area contributed by atoms with Crippen molar-refractivity contribution in [3.63, 3.8) is 0 Å². The molecule has 0 saturated heterocycles. The van der Waals surface area contributed by atoms with Crippen LogP contribution in [-0.2, 0) is 6.42 Å². The molecule has 0 aliphatic heterocycles. The molecule has 0 aromatic heterocycles. The zero-order chi connectivity index (χ0) is 12.8. The molecule has 17 heavy (non-hydrogen) atoms. The lowest BCUT2D eigenvalue weighted by Gasteiger charge is -2.16. The lowest BCUT2D eigenvalue weighted by atomic mass is 10.00. The number of methoxy groups -OCH3 is 1. The standard InChI is InChI=1S/C14H23NO2/c1-11(2)13-6-5-12(14(9-13)17-4)7-8-15(3)10-16/h5-6,9,11,16H,7-8,10H2,1-4H3. The van der Waals surface area contributed by atoms with E-state index in [0.29, 0.717) is 5.92 Å². The summed E-state index contributed by atoms with van der Waals surface area (Å²) in [6, 6.07) is 6.39. The van der Waals surface area contributed by atoms with Crippen LogP contribution in [0.4, 0.5) is 0 Å². The fourth-order valence-electron chi connectivity index (χ4n) is 1.71. The Morgan fingerprint density at radius 2 is 2.06 bits per heavy atom. The highest BCUT2D eigenvalue weighted by Crippen LogP contribution is 2.25. The van der Waals surface area contributed by atoms with Crippen molar-refractivity contribution < 1.29 is 9.84 Å². The predicted octanol–water partition coefficient (Wildman–Crippen LogP) is 2.24. The van der Waals surface area contributed by atoms with E-state index in [1.165, 1.54) is 11.1 Å². The maximum Gasteiger partial charge on any atom is 0.122 e. The summed E-state index contributed by atoms with van der Waals surface area (Å²) in [6.45, 7) is 5.27. The Morgan fingerprint density at radius 1 is 1.35 bits per heavy atom. The second-order valence-corrected chi connectivity index (χ2v) is 4.70. The average molecular weight is 237 g/mol. The van der Waals surface area contributed by atoms with Crippen LogP contribution in [0.1, 0.15) is 30.9 Å². The molecule has 0 bridgehead atoms. The van der Waals surface area contributed by atoms with Crippen LogP contribution in [0.3, 0.4) is 0 Å². The van der Waals surface area contributed by atoms with Crippen LogP contribution in [0.15, 0.2) is 18.2 Å². The van der Waals surface area contributed by atoms with Crippen molar-refractivity contribution >= 4 is 0 Å². The molecule has 1 aromatic rings. The number of likely N-dealkylation sites (N-methyl/N-ethyl adjacent to an activating group) is 1. The third kappa shape index (κ3) is 4.02. The summed E-state index contributed by atoms with van der Waals surface area (Å²) < 4.78 is 5.42. The van der Waals surface area contributed by atoms with Gasteiger partial charge in [0.2, 0.25) is 0 Å². The summed E-state index contributed by atoms with van der Waals surface area (Å²) in [4.78, 5) is 1.87. The van der Waals surface area contributed by atoms with Gasteiger partial charge in [0, 0.05) is 6.54 Å². The largest absolute Gasteiger partial charge is 0.496 e. The Balaban J connectivity index is 2.78. The first-order valence-corrected chi connectivity index (χ1v) is 6.04. The molecule has 3 heteroatoms. The summed E-state index contributed by atoms with van der Waals surface area (Å²) in [5.74, 6) is 1.46. The quantitative estimate of drug-likeness (QED) is 0.770. The van der Waals surface area contributed by atoms with Gasteiger partial charge in [-0.3, -0.25) is 4.90 Å². The van der Waals surface area contributed by atoms with E-state index in [2.05, 4.69) is 32.0 Å². The van der Waals surface area contributed by atoms with Crippen LogP contribution in [0, 0.1) is 0 Å². The van der Waals surface area contributed by atoms with Crippen molar-refractivity contribution in [2.45, 2.75) is 26.2 Å². The van der Waals surface area contributed by atoms with Crippen molar-refractivity contribution in [2.75, 3.05) is 27.4 Å². The van der Waals surface area contributed by atoms with Crippen molar-refractivity contribution in [3.05, 3.63) is 29.3 Å². The van der Waals surface area contributed by atoms with Gasteiger partial charge < -0.3 is 9.84 Å². The fraction of sp³-hybridized carbons (Fsp3) is 0.571. The first kappa shape index (κ1) is 14.0. The van der Waals surface area contributed by atoms with Crippen molar-refractivity contribution in [3.8, 4) is 5.75 Å². The summed E-state index contributed by atoms with van der Waals surface area (Å²) in [7, 11) is 3.60. The molecule has 0 aliphatic rings. The number of rotatable bonds is 6. The van der Waals surface area contributed by atoms with E-state index in [-0.39, 0.29) is 6.73 Å². The second kappa shape index (κ2) is 6.62. The lowest BCUT2D eigenvalue weighted by Crippen LogP contribution is -2.22. The van der Waals surface area contributed by atoms with E-state index in [1.807, 2.05) is 11.9 Å². The Bertz CT molecular complexity index is 350. The molecule has 0 atom stereocenters. The minimum Gasteiger partial charge on any atom is -0.496 e. The number of aliphatic hydroxyl groups is 1. The first-order valence-electron chi connectivity index (χ1n) is 6.04. The summed E-state index contributed by atoms with van der Waals surface area (Å²) in [5.41, 5.74) is 2.48. The zero-order valence-corrected chi connectivity index (χ0v) is 11.2. The van der Waals surface area contributed by atoms with E-state index in [9.17, 15) is 0 Å².